The van der Waals surface area contributed by atoms with Crippen LogP contribution in [0.3, 0.4) is 0 Å². The second kappa shape index (κ2) is 4.61. The van der Waals surface area contributed by atoms with Crippen molar-refractivity contribution in [1.29, 1.82) is 5.26 Å². The largest absolute Gasteiger partial charge is 0.266 e. The predicted octanol–water partition coefficient (Wildman–Crippen LogP) is 0.749. The van der Waals surface area contributed by atoms with Crippen LogP contribution in [0.1, 0.15) is 12.0 Å². The fraction of sp³-hybridized carbons (Fsp3) is 0.250. The van der Waals surface area contributed by atoms with Crippen molar-refractivity contribution in [3.8, 4) is 6.07 Å². The lowest BCUT2D eigenvalue weighted by atomic mass is 10.2. The van der Waals surface area contributed by atoms with Gasteiger partial charge in [0, 0.05) is 13.1 Å². The zero-order valence-electron chi connectivity index (χ0n) is 10.5. The molecule has 0 radical (unpaired) electrons. The minimum Gasteiger partial charge on any atom is -0.234 e. The van der Waals surface area contributed by atoms with Gasteiger partial charge in [-0.3, -0.25) is 0 Å². The van der Waals surface area contributed by atoms with Gasteiger partial charge >= 0.3 is 0 Å². The van der Waals surface area contributed by atoms with Crippen molar-refractivity contribution in [1.82, 2.24) is 14.8 Å². The Labute approximate surface area is 116 Å². The zero-order valence-corrected chi connectivity index (χ0v) is 11.3. The van der Waals surface area contributed by atoms with E-state index in [1.54, 1.807) is 16.8 Å². The van der Waals surface area contributed by atoms with Crippen LogP contribution in [0.2, 0.25) is 0 Å². The summed E-state index contributed by atoms with van der Waals surface area (Å²) >= 11 is 0. The molecule has 0 aliphatic carbocycles. The third-order valence-electron chi connectivity index (χ3n) is 3.10. The molecule has 3 rings (SSSR count). The van der Waals surface area contributed by atoms with Gasteiger partial charge in [0.2, 0.25) is 5.95 Å². The van der Waals surface area contributed by atoms with Crippen LogP contribution in [0, 0.1) is 11.3 Å². The molecule has 0 fully saturated rings. The highest BCUT2D eigenvalue weighted by atomic mass is 32.2. The van der Waals surface area contributed by atoms with Crippen molar-refractivity contribution in [3.05, 3.63) is 36.2 Å². The number of hydrogen-bond acceptors (Lipinski definition) is 5. The Hall–Kier alpha value is -2.40. The van der Waals surface area contributed by atoms with Crippen molar-refractivity contribution in [2.45, 2.75) is 17.9 Å². The summed E-state index contributed by atoms with van der Waals surface area (Å²) in [6.07, 6.45) is 2.02. The van der Waals surface area contributed by atoms with Crippen LogP contribution in [0.25, 0.3) is 0 Å². The molecule has 0 spiro atoms. The number of aryl methyl sites for hydroxylation is 1. The highest BCUT2D eigenvalue weighted by Crippen LogP contribution is 2.25. The average Bonchev–Trinajstić information content (AvgIpc) is 2.95. The second-order valence-electron chi connectivity index (χ2n) is 4.35. The first-order valence-corrected chi connectivity index (χ1v) is 7.47. The fourth-order valence-corrected chi connectivity index (χ4v) is 3.66. The molecule has 1 aromatic carbocycles. The van der Waals surface area contributed by atoms with Gasteiger partial charge < -0.3 is 0 Å². The van der Waals surface area contributed by atoms with Gasteiger partial charge in [-0.15, -0.1) is 0 Å². The summed E-state index contributed by atoms with van der Waals surface area (Å²) in [4.78, 5) is 4.10. The van der Waals surface area contributed by atoms with Crippen LogP contribution in [-0.4, -0.2) is 29.7 Å². The van der Waals surface area contributed by atoms with E-state index >= 15 is 0 Å². The monoisotopic (exact) mass is 289 g/mol. The summed E-state index contributed by atoms with van der Waals surface area (Å²) in [6.45, 7) is 1.01. The van der Waals surface area contributed by atoms with Gasteiger partial charge in [0.15, 0.2) is 0 Å². The van der Waals surface area contributed by atoms with Crippen LogP contribution in [0.5, 0.6) is 0 Å². The lowest BCUT2D eigenvalue weighted by Gasteiger charge is -2.27. The van der Waals surface area contributed by atoms with Gasteiger partial charge in [0.1, 0.15) is 6.33 Å². The third-order valence-corrected chi connectivity index (χ3v) is 4.88. The van der Waals surface area contributed by atoms with Crippen molar-refractivity contribution in [2.75, 3.05) is 10.8 Å². The maximum absolute atomic E-state index is 12.7. The van der Waals surface area contributed by atoms with Crippen LogP contribution in [0.4, 0.5) is 5.95 Å². The Morgan fingerprint density at radius 2 is 2.15 bits per heavy atom. The summed E-state index contributed by atoms with van der Waals surface area (Å²) in [5.74, 6) is 0.318. The summed E-state index contributed by atoms with van der Waals surface area (Å²) < 4.78 is 28.1. The van der Waals surface area contributed by atoms with Crippen LogP contribution in [0.15, 0.2) is 35.5 Å². The Bertz CT molecular complexity index is 790. The Morgan fingerprint density at radius 1 is 1.30 bits per heavy atom. The molecule has 1 aromatic heterocycles. The van der Waals surface area contributed by atoms with Crippen molar-refractivity contribution < 1.29 is 8.42 Å². The van der Waals surface area contributed by atoms with Crippen LogP contribution >= 0.6 is 0 Å². The molecule has 0 amide bonds. The molecule has 0 atom stereocenters. The third kappa shape index (κ3) is 1.92. The lowest BCUT2D eigenvalue weighted by Crippen LogP contribution is -2.38. The fourth-order valence-electron chi connectivity index (χ4n) is 2.15. The van der Waals surface area contributed by atoms with Gasteiger partial charge in [-0.2, -0.15) is 15.3 Å². The number of anilines is 1. The summed E-state index contributed by atoms with van der Waals surface area (Å²) in [5.41, 5.74) is 0.310. The Kier molecular flexibility index (Phi) is 2.91. The van der Waals surface area contributed by atoms with E-state index in [1.807, 2.05) is 6.07 Å². The van der Waals surface area contributed by atoms with Crippen LogP contribution in [-0.2, 0) is 16.6 Å². The lowest BCUT2D eigenvalue weighted by molar-refractivity contribution is 0.529. The predicted molar refractivity (Wildman–Crippen MR) is 70.3 cm³/mol. The normalized spacial score (nSPS) is 14.7. The van der Waals surface area contributed by atoms with Gasteiger partial charge in [0.05, 0.1) is 16.5 Å². The SMILES string of the molecule is N#Cc1cccc(S(=O)(=O)N2CCCn3ncnc32)c1. The summed E-state index contributed by atoms with van der Waals surface area (Å²) in [6, 6.07) is 7.91. The zero-order chi connectivity index (χ0) is 14.2. The molecular formula is C12H11N5O2S. The van der Waals surface area contributed by atoms with E-state index in [4.69, 9.17) is 5.26 Å². The molecular weight excluding hydrogens is 278 g/mol. The number of rotatable bonds is 2. The highest BCUT2D eigenvalue weighted by molar-refractivity contribution is 7.92. The van der Waals surface area contributed by atoms with Gasteiger partial charge in [-0.1, -0.05) is 6.07 Å². The van der Waals surface area contributed by atoms with E-state index in [-0.39, 0.29) is 4.90 Å². The number of fused-ring (bicyclic) bond motifs is 1. The number of hydrogen-bond donors (Lipinski definition) is 0. The van der Waals surface area contributed by atoms with E-state index in [1.165, 1.54) is 22.8 Å². The number of nitrogens with zero attached hydrogens (tertiary/aromatic N) is 5. The highest BCUT2D eigenvalue weighted by Gasteiger charge is 2.31. The first-order valence-electron chi connectivity index (χ1n) is 6.03. The molecule has 102 valence electrons. The maximum Gasteiger partial charge on any atom is 0.266 e. The number of sulfonamides is 1. The van der Waals surface area contributed by atoms with Gasteiger partial charge in [-0.05, 0) is 24.6 Å². The van der Waals surface area contributed by atoms with E-state index in [0.29, 0.717) is 31.0 Å². The molecule has 2 heterocycles. The summed E-state index contributed by atoms with van der Waals surface area (Å²) in [7, 11) is -3.72. The molecule has 0 unspecified atom stereocenters. The molecule has 7 nitrogen and oxygen atoms in total. The van der Waals surface area contributed by atoms with E-state index in [0.717, 1.165) is 0 Å². The maximum atomic E-state index is 12.7. The first kappa shape index (κ1) is 12.6. The molecule has 1 aliphatic heterocycles. The average molecular weight is 289 g/mol. The Balaban J connectivity index is 2.08. The van der Waals surface area contributed by atoms with E-state index < -0.39 is 10.0 Å². The summed E-state index contributed by atoms with van der Waals surface area (Å²) in [5, 5.41) is 12.9. The first-order chi connectivity index (χ1) is 9.63. The molecule has 0 saturated carbocycles. The molecule has 0 saturated heterocycles. The van der Waals surface area contributed by atoms with Crippen molar-refractivity contribution in [3.63, 3.8) is 0 Å². The van der Waals surface area contributed by atoms with E-state index in [2.05, 4.69) is 10.1 Å². The van der Waals surface area contributed by atoms with Crippen LogP contribution < -0.4 is 4.31 Å². The number of benzene rings is 1. The molecule has 2 aromatic rings. The minimum atomic E-state index is -3.72. The quantitative estimate of drug-likeness (QED) is 0.813. The Morgan fingerprint density at radius 3 is 2.95 bits per heavy atom. The second-order valence-corrected chi connectivity index (χ2v) is 6.22. The van der Waals surface area contributed by atoms with Crippen molar-refractivity contribution >= 4 is 16.0 Å². The van der Waals surface area contributed by atoms with Crippen molar-refractivity contribution in [2.24, 2.45) is 0 Å². The van der Waals surface area contributed by atoms with Gasteiger partial charge in [-0.25, -0.2) is 17.4 Å². The molecule has 20 heavy (non-hydrogen) atoms. The number of aromatic nitrogens is 3. The molecule has 8 heteroatoms. The topological polar surface area (TPSA) is 91.9 Å². The number of nitriles is 1. The smallest absolute Gasteiger partial charge is 0.234 e. The molecule has 0 bridgehead atoms. The van der Waals surface area contributed by atoms with Gasteiger partial charge in [0.25, 0.3) is 10.0 Å². The van der Waals surface area contributed by atoms with E-state index in [9.17, 15) is 8.42 Å². The minimum absolute atomic E-state index is 0.0907. The molecule has 0 N–H and O–H groups in total. The standard InChI is InChI=1S/C12H11N5O2S/c13-8-10-3-1-4-11(7-10)20(18,19)17-6-2-5-16-12(17)14-9-15-16/h1,3-4,7,9H,2,5-6H2. The molecule has 1 aliphatic rings.